The number of hydrogen-bond donors (Lipinski definition) is 1. The Morgan fingerprint density at radius 1 is 1.23 bits per heavy atom. The molecular formula is C20H25N3O2S. The summed E-state index contributed by atoms with van der Waals surface area (Å²) in [5, 5.41) is 2.87. The molecule has 3 rings (SSSR count). The Labute approximate surface area is 158 Å². The van der Waals surface area contributed by atoms with E-state index in [0.29, 0.717) is 25.4 Å². The van der Waals surface area contributed by atoms with Crippen LogP contribution >= 0.6 is 11.8 Å². The second kappa shape index (κ2) is 9.57. The second-order valence-corrected chi connectivity index (χ2v) is 7.76. The van der Waals surface area contributed by atoms with Gasteiger partial charge in [-0.15, -0.1) is 11.8 Å². The van der Waals surface area contributed by atoms with Crippen LogP contribution in [0.4, 0.5) is 0 Å². The Hall–Kier alpha value is -2.08. The van der Waals surface area contributed by atoms with Crippen molar-refractivity contribution in [2.24, 2.45) is 0 Å². The summed E-state index contributed by atoms with van der Waals surface area (Å²) in [4.78, 5) is 29.7. The fourth-order valence-electron chi connectivity index (χ4n) is 3.24. The van der Waals surface area contributed by atoms with Crippen molar-refractivity contribution in [2.75, 3.05) is 12.3 Å². The second-order valence-electron chi connectivity index (χ2n) is 6.59. The molecule has 1 amide bonds. The zero-order chi connectivity index (χ0) is 18.2. The van der Waals surface area contributed by atoms with E-state index in [-0.39, 0.29) is 11.5 Å². The van der Waals surface area contributed by atoms with Crippen LogP contribution in [0, 0.1) is 0 Å². The van der Waals surface area contributed by atoms with Crippen molar-refractivity contribution < 1.29 is 4.79 Å². The molecule has 26 heavy (non-hydrogen) atoms. The highest BCUT2D eigenvalue weighted by molar-refractivity contribution is 7.99. The van der Waals surface area contributed by atoms with Gasteiger partial charge in [0.05, 0.1) is 12.0 Å². The van der Waals surface area contributed by atoms with E-state index < -0.39 is 0 Å². The van der Waals surface area contributed by atoms with Gasteiger partial charge in [0.25, 0.3) is 5.56 Å². The van der Waals surface area contributed by atoms with Crippen molar-refractivity contribution in [3.8, 4) is 0 Å². The average molecular weight is 372 g/mol. The lowest BCUT2D eigenvalue weighted by Crippen LogP contribution is -2.31. The van der Waals surface area contributed by atoms with Gasteiger partial charge in [-0.1, -0.05) is 31.0 Å². The predicted molar refractivity (Wildman–Crippen MR) is 104 cm³/mol. The number of nitrogens with one attached hydrogen (secondary N) is 1. The van der Waals surface area contributed by atoms with Gasteiger partial charge in [-0.3, -0.25) is 14.2 Å². The molecule has 0 spiro atoms. The van der Waals surface area contributed by atoms with Crippen LogP contribution in [0.2, 0.25) is 0 Å². The molecule has 0 unspecified atom stereocenters. The summed E-state index contributed by atoms with van der Waals surface area (Å²) in [7, 11) is 0. The maximum Gasteiger partial charge on any atom is 0.253 e. The summed E-state index contributed by atoms with van der Waals surface area (Å²) >= 11 is 1.67. The van der Waals surface area contributed by atoms with Crippen LogP contribution in [0.1, 0.15) is 43.7 Å². The van der Waals surface area contributed by atoms with E-state index in [9.17, 15) is 9.59 Å². The van der Waals surface area contributed by atoms with E-state index in [1.807, 2.05) is 30.3 Å². The molecule has 6 heteroatoms. The van der Waals surface area contributed by atoms with Gasteiger partial charge in [0.15, 0.2) is 0 Å². The van der Waals surface area contributed by atoms with Crippen LogP contribution in [0.25, 0.3) is 0 Å². The topological polar surface area (TPSA) is 64.0 Å². The van der Waals surface area contributed by atoms with E-state index in [4.69, 9.17) is 0 Å². The molecule has 0 saturated heterocycles. The Balaban J connectivity index is 1.38. The number of nitrogens with zero attached hydrogens (tertiary/aromatic N) is 2. The third kappa shape index (κ3) is 5.46. The van der Waals surface area contributed by atoms with Gasteiger partial charge in [0.1, 0.15) is 0 Å². The van der Waals surface area contributed by atoms with E-state index in [2.05, 4.69) is 10.3 Å². The molecule has 1 heterocycles. The summed E-state index contributed by atoms with van der Waals surface area (Å²) in [5.41, 5.74) is 0.890. The molecule has 2 aromatic rings. The third-order valence-corrected chi connectivity index (χ3v) is 5.70. The normalized spacial score (nSPS) is 14.5. The van der Waals surface area contributed by atoms with Gasteiger partial charge in [-0.2, -0.15) is 0 Å². The largest absolute Gasteiger partial charge is 0.354 e. The van der Waals surface area contributed by atoms with Crippen molar-refractivity contribution in [3.63, 3.8) is 0 Å². The first-order chi connectivity index (χ1) is 12.7. The standard InChI is InChI=1S/C20H25N3O2S/c24-19(10-13-26-17-8-2-1-3-9-17)21-11-12-23-15-22-18(14-20(23)25)16-6-4-5-7-16/h1-3,8-9,14-16H,4-7,10-13H2,(H,21,24). The number of carbonyl (C=O) groups is 1. The predicted octanol–water partition coefficient (Wildman–Crippen LogP) is 3.20. The van der Waals surface area contributed by atoms with Crippen LogP contribution in [0.5, 0.6) is 0 Å². The van der Waals surface area contributed by atoms with Gasteiger partial charge in [0, 0.05) is 42.1 Å². The third-order valence-electron chi connectivity index (χ3n) is 4.69. The monoisotopic (exact) mass is 371 g/mol. The van der Waals surface area contributed by atoms with Crippen LogP contribution < -0.4 is 10.9 Å². The molecule has 0 radical (unpaired) electrons. The smallest absolute Gasteiger partial charge is 0.253 e. The summed E-state index contributed by atoms with van der Waals surface area (Å²) in [6.45, 7) is 0.896. The minimum Gasteiger partial charge on any atom is -0.354 e. The van der Waals surface area contributed by atoms with Crippen molar-refractivity contribution in [3.05, 3.63) is 58.8 Å². The number of carbonyl (C=O) groups excluding carboxylic acids is 1. The van der Waals surface area contributed by atoms with Crippen LogP contribution in [0.3, 0.4) is 0 Å². The van der Waals surface area contributed by atoms with Crippen molar-refractivity contribution in [1.29, 1.82) is 0 Å². The first kappa shape index (κ1) is 18.7. The fourth-order valence-corrected chi connectivity index (χ4v) is 4.11. The lowest BCUT2D eigenvalue weighted by atomic mass is 10.0. The number of amides is 1. The molecule has 5 nitrogen and oxygen atoms in total. The van der Waals surface area contributed by atoms with Gasteiger partial charge >= 0.3 is 0 Å². The summed E-state index contributed by atoms with van der Waals surface area (Å²) in [6, 6.07) is 11.7. The first-order valence-electron chi connectivity index (χ1n) is 9.23. The minimum atomic E-state index is -0.0317. The zero-order valence-electron chi connectivity index (χ0n) is 14.9. The van der Waals surface area contributed by atoms with Gasteiger partial charge in [0.2, 0.25) is 5.91 Å². The quantitative estimate of drug-likeness (QED) is 0.724. The maximum absolute atomic E-state index is 12.2. The highest BCUT2D eigenvalue weighted by Gasteiger charge is 2.18. The van der Waals surface area contributed by atoms with E-state index in [1.54, 1.807) is 28.7 Å². The van der Waals surface area contributed by atoms with Gasteiger partial charge in [-0.25, -0.2) is 4.98 Å². The molecule has 1 aliphatic rings. The maximum atomic E-state index is 12.2. The molecule has 0 bridgehead atoms. The minimum absolute atomic E-state index is 0.0111. The van der Waals surface area contributed by atoms with Crippen molar-refractivity contribution in [2.45, 2.75) is 49.5 Å². The highest BCUT2D eigenvalue weighted by Crippen LogP contribution is 2.32. The average Bonchev–Trinajstić information content (AvgIpc) is 3.19. The number of aromatic nitrogens is 2. The molecule has 1 aromatic heterocycles. The summed E-state index contributed by atoms with van der Waals surface area (Å²) in [6.07, 6.45) is 6.80. The molecule has 1 aliphatic carbocycles. The molecule has 0 aliphatic heterocycles. The molecule has 1 fully saturated rings. The fraction of sp³-hybridized carbons (Fsp3) is 0.450. The summed E-state index contributed by atoms with van der Waals surface area (Å²) in [5.74, 6) is 1.20. The lowest BCUT2D eigenvalue weighted by molar-refractivity contribution is -0.120. The molecule has 138 valence electrons. The number of rotatable bonds is 8. The van der Waals surface area contributed by atoms with Crippen molar-refractivity contribution in [1.82, 2.24) is 14.9 Å². The Kier molecular flexibility index (Phi) is 6.89. The molecule has 1 aromatic carbocycles. The number of hydrogen-bond acceptors (Lipinski definition) is 4. The van der Waals surface area contributed by atoms with Gasteiger partial charge < -0.3 is 5.32 Å². The molecule has 1 saturated carbocycles. The van der Waals surface area contributed by atoms with E-state index in [1.165, 1.54) is 17.7 Å². The highest BCUT2D eigenvalue weighted by atomic mass is 32.2. The SMILES string of the molecule is O=C(CCSc1ccccc1)NCCn1cnc(C2CCCC2)cc1=O. The van der Waals surface area contributed by atoms with Crippen LogP contribution in [-0.2, 0) is 11.3 Å². The molecule has 1 N–H and O–H groups in total. The van der Waals surface area contributed by atoms with E-state index in [0.717, 1.165) is 24.3 Å². The van der Waals surface area contributed by atoms with Crippen LogP contribution in [0.15, 0.2) is 52.4 Å². The number of benzene rings is 1. The summed E-state index contributed by atoms with van der Waals surface area (Å²) < 4.78 is 1.57. The Morgan fingerprint density at radius 3 is 2.73 bits per heavy atom. The molecular weight excluding hydrogens is 346 g/mol. The molecule has 0 atom stereocenters. The lowest BCUT2D eigenvalue weighted by Gasteiger charge is -2.11. The van der Waals surface area contributed by atoms with E-state index >= 15 is 0 Å². The van der Waals surface area contributed by atoms with Crippen molar-refractivity contribution >= 4 is 17.7 Å². The first-order valence-corrected chi connectivity index (χ1v) is 10.2. The number of thioether (sulfide) groups is 1. The van der Waals surface area contributed by atoms with Gasteiger partial charge in [-0.05, 0) is 25.0 Å². The van der Waals surface area contributed by atoms with Crippen LogP contribution in [-0.4, -0.2) is 27.8 Å². The zero-order valence-corrected chi connectivity index (χ0v) is 15.7. The Morgan fingerprint density at radius 2 is 2.00 bits per heavy atom. The Bertz CT molecular complexity index is 770.